The van der Waals surface area contributed by atoms with Crippen LogP contribution in [-0.4, -0.2) is 20.6 Å². The number of imidazole rings is 1. The van der Waals surface area contributed by atoms with Gasteiger partial charge in [-0.1, -0.05) is 34.6 Å². The summed E-state index contributed by atoms with van der Waals surface area (Å²) in [4.78, 5) is 10.6. The van der Waals surface area contributed by atoms with Gasteiger partial charge in [0.05, 0.1) is 5.69 Å². The van der Waals surface area contributed by atoms with Gasteiger partial charge >= 0.3 is 0 Å². The predicted octanol–water partition coefficient (Wildman–Crippen LogP) is 3.34. The Hall–Kier alpha value is -1.20. The Balaban J connectivity index is 2.39. The molecule has 0 spiro atoms. The maximum absolute atomic E-state index is 4.86. The third-order valence-corrected chi connectivity index (χ3v) is 4.14. The first-order valence-electron chi connectivity index (χ1n) is 7.00. The summed E-state index contributed by atoms with van der Waals surface area (Å²) in [6.45, 7) is 11.8. The molecule has 0 unspecified atom stereocenters. The lowest BCUT2D eigenvalue weighted by molar-refractivity contribution is 0.546. The molecule has 0 aliphatic rings. The van der Waals surface area contributed by atoms with E-state index in [-0.39, 0.29) is 5.41 Å². The summed E-state index contributed by atoms with van der Waals surface area (Å²) in [7, 11) is 2.01. The highest BCUT2D eigenvalue weighted by atomic mass is 32.1. The first-order chi connectivity index (χ1) is 9.29. The molecule has 4 nitrogen and oxygen atoms in total. The van der Waals surface area contributed by atoms with Crippen molar-refractivity contribution in [2.24, 2.45) is 7.05 Å². The summed E-state index contributed by atoms with van der Waals surface area (Å²) in [5.74, 6) is 0.941. The van der Waals surface area contributed by atoms with E-state index >= 15 is 0 Å². The fourth-order valence-corrected chi connectivity index (χ4v) is 3.28. The van der Waals surface area contributed by atoms with Crippen molar-refractivity contribution in [1.82, 2.24) is 19.9 Å². The van der Waals surface area contributed by atoms with E-state index in [0.717, 1.165) is 17.4 Å². The number of aromatic nitrogens is 3. The van der Waals surface area contributed by atoms with Gasteiger partial charge in [0.1, 0.15) is 0 Å². The zero-order chi connectivity index (χ0) is 14.9. The maximum Gasteiger partial charge on any atom is 0.168 e. The van der Waals surface area contributed by atoms with Gasteiger partial charge in [-0.2, -0.15) is 0 Å². The largest absolute Gasteiger partial charge is 0.332 e. The van der Waals surface area contributed by atoms with Gasteiger partial charge in [0.15, 0.2) is 10.8 Å². The zero-order valence-corrected chi connectivity index (χ0v) is 14.0. The fourth-order valence-electron chi connectivity index (χ4n) is 2.02. The fraction of sp³-hybridized carbons (Fsp3) is 0.600. The Bertz CT molecular complexity index is 575. The molecular formula is C15H24N4S. The summed E-state index contributed by atoms with van der Waals surface area (Å²) in [5, 5.41) is 4.49. The van der Waals surface area contributed by atoms with Gasteiger partial charge in [-0.25, -0.2) is 9.97 Å². The van der Waals surface area contributed by atoms with E-state index in [1.807, 2.05) is 24.0 Å². The summed E-state index contributed by atoms with van der Waals surface area (Å²) < 4.78 is 2.02. The topological polar surface area (TPSA) is 42.7 Å². The van der Waals surface area contributed by atoms with Crippen LogP contribution in [0.3, 0.4) is 0 Å². The minimum absolute atomic E-state index is 0.0495. The Kier molecular flexibility index (Phi) is 4.30. The Morgan fingerprint density at radius 1 is 1.35 bits per heavy atom. The molecule has 0 aliphatic carbocycles. The van der Waals surface area contributed by atoms with Gasteiger partial charge in [-0.3, -0.25) is 0 Å². The number of rotatable bonds is 4. The summed E-state index contributed by atoms with van der Waals surface area (Å²) in [6, 6.07) is 0.474. The van der Waals surface area contributed by atoms with Gasteiger partial charge < -0.3 is 9.88 Å². The molecule has 0 saturated heterocycles. The van der Waals surface area contributed by atoms with Gasteiger partial charge in [-0.05, 0) is 0 Å². The quantitative estimate of drug-likeness (QED) is 0.940. The third-order valence-electron chi connectivity index (χ3n) is 3.09. The van der Waals surface area contributed by atoms with E-state index in [0.29, 0.717) is 6.04 Å². The molecule has 2 rings (SSSR count). The van der Waals surface area contributed by atoms with Gasteiger partial charge in [0, 0.05) is 42.3 Å². The van der Waals surface area contributed by atoms with Crippen LogP contribution in [0.4, 0.5) is 0 Å². The molecule has 2 aromatic rings. The van der Waals surface area contributed by atoms with Crippen molar-refractivity contribution in [3.63, 3.8) is 0 Å². The molecule has 0 aromatic carbocycles. The summed E-state index contributed by atoms with van der Waals surface area (Å²) in [6.07, 6.45) is 3.78. The Labute approximate surface area is 125 Å². The molecule has 0 aliphatic heterocycles. The average molecular weight is 292 g/mol. The SMILES string of the molecule is CC(C)NCc1sc(-c2nccn2C)nc1C(C)(C)C. The smallest absolute Gasteiger partial charge is 0.168 e. The molecular weight excluding hydrogens is 268 g/mol. The Morgan fingerprint density at radius 2 is 2.05 bits per heavy atom. The zero-order valence-electron chi connectivity index (χ0n) is 13.2. The highest BCUT2D eigenvalue weighted by molar-refractivity contribution is 7.15. The van der Waals surface area contributed by atoms with E-state index in [9.17, 15) is 0 Å². The van der Waals surface area contributed by atoms with E-state index in [4.69, 9.17) is 4.98 Å². The van der Waals surface area contributed by atoms with E-state index in [2.05, 4.69) is 44.9 Å². The average Bonchev–Trinajstić information content (AvgIpc) is 2.91. The van der Waals surface area contributed by atoms with Crippen LogP contribution in [-0.2, 0) is 19.0 Å². The van der Waals surface area contributed by atoms with Crippen molar-refractivity contribution in [3.05, 3.63) is 23.0 Å². The van der Waals surface area contributed by atoms with Crippen molar-refractivity contribution >= 4 is 11.3 Å². The normalized spacial score (nSPS) is 12.3. The minimum Gasteiger partial charge on any atom is -0.332 e. The van der Waals surface area contributed by atoms with E-state index in [1.165, 1.54) is 10.6 Å². The van der Waals surface area contributed by atoms with Crippen LogP contribution >= 0.6 is 11.3 Å². The molecule has 5 heteroatoms. The number of aryl methyl sites for hydroxylation is 1. The summed E-state index contributed by atoms with van der Waals surface area (Å²) in [5.41, 5.74) is 1.22. The standard InChI is InChI=1S/C15H24N4S/c1-10(2)17-9-11-12(15(3,4)5)18-14(20-11)13-16-7-8-19(13)6/h7-8,10,17H,9H2,1-6H3. The molecule has 0 saturated carbocycles. The number of nitrogens with one attached hydrogen (secondary N) is 1. The molecule has 110 valence electrons. The lowest BCUT2D eigenvalue weighted by Gasteiger charge is -2.18. The second-order valence-electron chi connectivity index (χ2n) is 6.44. The molecule has 0 fully saturated rings. The second-order valence-corrected chi connectivity index (χ2v) is 7.52. The highest BCUT2D eigenvalue weighted by Gasteiger charge is 2.24. The molecule has 0 atom stereocenters. The van der Waals surface area contributed by atoms with Crippen LogP contribution in [0.15, 0.2) is 12.4 Å². The second kappa shape index (κ2) is 5.66. The lowest BCUT2D eigenvalue weighted by Crippen LogP contribution is -2.23. The first kappa shape index (κ1) is 15.2. The molecule has 1 N–H and O–H groups in total. The van der Waals surface area contributed by atoms with Crippen molar-refractivity contribution < 1.29 is 0 Å². The highest BCUT2D eigenvalue weighted by Crippen LogP contribution is 2.33. The first-order valence-corrected chi connectivity index (χ1v) is 7.82. The van der Waals surface area contributed by atoms with Crippen molar-refractivity contribution in [1.29, 1.82) is 0 Å². The molecule has 0 bridgehead atoms. The predicted molar refractivity (Wildman–Crippen MR) is 85.0 cm³/mol. The van der Waals surface area contributed by atoms with Crippen molar-refractivity contribution in [2.75, 3.05) is 0 Å². The van der Waals surface area contributed by atoms with Crippen LogP contribution < -0.4 is 5.32 Å². The summed E-state index contributed by atoms with van der Waals surface area (Å²) >= 11 is 1.74. The van der Waals surface area contributed by atoms with Crippen LogP contribution in [0.25, 0.3) is 10.8 Å². The monoisotopic (exact) mass is 292 g/mol. The minimum atomic E-state index is 0.0495. The molecule has 2 heterocycles. The van der Waals surface area contributed by atoms with E-state index in [1.54, 1.807) is 11.3 Å². The third kappa shape index (κ3) is 3.27. The number of nitrogens with zero attached hydrogens (tertiary/aromatic N) is 3. The van der Waals surface area contributed by atoms with Gasteiger partial charge in [0.2, 0.25) is 0 Å². The number of hydrogen-bond donors (Lipinski definition) is 1. The van der Waals surface area contributed by atoms with Crippen LogP contribution in [0.5, 0.6) is 0 Å². The van der Waals surface area contributed by atoms with E-state index < -0.39 is 0 Å². The molecule has 2 aromatic heterocycles. The van der Waals surface area contributed by atoms with Crippen LogP contribution in [0.1, 0.15) is 45.2 Å². The van der Waals surface area contributed by atoms with Crippen molar-refractivity contribution in [3.8, 4) is 10.8 Å². The molecule has 20 heavy (non-hydrogen) atoms. The van der Waals surface area contributed by atoms with Gasteiger partial charge in [-0.15, -0.1) is 11.3 Å². The van der Waals surface area contributed by atoms with Crippen LogP contribution in [0.2, 0.25) is 0 Å². The Morgan fingerprint density at radius 3 is 2.55 bits per heavy atom. The van der Waals surface area contributed by atoms with Crippen LogP contribution in [0, 0.1) is 0 Å². The molecule has 0 radical (unpaired) electrons. The van der Waals surface area contributed by atoms with Crippen molar-refractivity contribution in [2.45, 2.75) is 52.6 Å². The molecule has 0 amide bonds. The number of hydrogen-bond acceptors (Lipinski definition) is 4. The number of thiazole rings is 1. The lowest BCUT2D eigenvalue weighted by atomic mass is 9.91. The maximum atomic E-state index is 4.86. The van der Waals surface area contributed by atoms with Gasteiger partial charge in [0.25, 0.3) is 0 Å².